The molecule has 0 heterocycles. The van der Waals surface area contributed by atoms with E-state index in [9.17, 15) is 14.4 Å². The average molecular weight is 353 g/mol. The van der Waals surface area contributed by atoms with Crippen LogP contribution in [0, 0.1) is 0 Å². The second-order valence-electron chi connectivity index (χ2n) is 5.87. The molecule has 1 unspecified atom stereocenters. The topological polar surface area (TPSA) is 108 Å². The van der Waals surface area contributed by atoms with Crippen LogP contribution in [0.1, 0.15) is 20.3 Å². The van der Waals surface area contributed by atoms with E-state index in [1.807, 2.05) is 0 Å². The van der Waals surface area contributed by atoms with Gasteiger partial charge < -0.3 is 19.1 Å². The molecule has 22 heavy (non-hydrogen) atoms. The molecule has 0 saturated heterocycles. The summed E-state index contributed by atoms with van der Waals surface area (Å²) in [6, 6.07) is 0.449. The minimum Gasteiger partial charge on any atom is -0.413 e. The summed E-state index contributed by atoms with van der Waals surface area (Å²) in [5.74, 6) is -0.225. The normalized spacial score (nSPS) is 14.3. The average Bonchev–Trinajstić information content (AvgIpc) is 2.34. The highest BCUT2D eigenvalue weighted by atomic mass is 28.5. The van der Waals surface area contributed by atoms with E-state index in [0.29, 0.717) is 32.1 Å². The molecule has 0 rings (SSSR count). The second kappa shape index (κ2) is 9.37. The van der Waals surface area contributed by atoms with E-state index in [1.165, 1.54) is 13.8 Å². The molecule has 2 amide bonds. The summed E-state index contributed by atoms with van der Waals surface area (Å²) in [7, 11) is -5.65. The fourth-order valence-electron chi connectivity index (χ4n) is 2.03. The zero-order valence-electron chi connectivity index (χ0n) is 14.0. The van der Waals surface area contributed by atoms with Crippen LogP contribution < -0.4 is 5.32 Å². The van der Waals surface area contributed by atoms with Gasteiger partial charge in [0.25, 0.3) is 0 Å². The summed E-state index contributed by atoms with van der Waals surface area (Å²) in [5, 5.41) is 11.7. The lowest BCUT2D eigenvalue weighted by Crippen LogP contribution is -2.48. The Kier molecular flexibility index (Phi) is 9.04. The number of carbonyl (C=O) groups excluding carboxylic acids is 2. The maximum atomic E-state index is 11.6. The third-order valence-corrected chi connectivity index (χ3v) is 8.29. The van der Waals surface area contributed by atoms with Gasteiger partial charge in [0.15, 0.2) is 0 Å². The van der Waals surface area contributed by atoms with E-state index < -0.39 is 17.1 Å². The van der Waals surface area contributed by atoms with Gasteiger partial charge in [-0.25, -0.2) is 0 Å². The van der Waals surface area contributed by atoms with Gasteiger partial charge in [0.2, 0.25) is 11.8 Å². The maximum absolute atomic E-state index is 11.6. The van der Waals surface area contributed by atoms with Gasteiger partial charge in [-0.15, -0.1) is 0 Å². The van der Waals surface area contributed by atoms with Crippen molar-refractivity contribution >= 4 is 28.9 Å². The van der Waals surface area contributed by atoms with E-state index >= 15 is 0 Å². The molecule has 0 radical (unpaired) electrons. The molecular formula is C12H28N2O6Si2. The Bertz CT molecular complexity index is 377. The Balaban J connectivity index is 4.35. The number of amides is 2. The van der Waals surface area contributed by atoms with Crippen molar-refractivity contribution in [1.29, 1.82) is 0 Å². The first-order chi connectivity index (χ1) is 9.99. The lowest BCUT2D eigenvalue weighted by molar-refractivity contribution is -0.165. The predicted octanol–water partition coefficient (Wildman–Crippen LogP) is 0.633. The van der Waals surface area contributed by atoms with Gasteiger partial charge in [-0.2, -0.15) is 0 Å². The van der Waals surface area contributed by atoms with Crippen molar-refractivity contribution in [3.8, 4) is 0 Å². The first kappa shape index (κ1) is 21.2. The van der Waals surface area contributed by atoms with Crippen molar-refractivity contribution in [2.24, 2.45) is 0 Å². The van der Waals surface area contributed by atoms with E-state index in [2.05, 4.69) is 9.89 Å². The van der Waals surface area contributed by atoms with E-state index in [1.54, 1.807) is 24.5 Å². The maximum Gasteiger partial charge on any atom is 0.363 e. The molecule has 0 aromatic rings. The summed E-state index contributed by atoms with van der Waals surface area (Å²) in [6.45, 7) is 9.06. The van der Waals surface area contributed by atoms with Crippen molar-refractivity contribution in [2.45, 2.75) is 46.0 Å². The molecule has 10 heteroatoms. The molecule has 0 aromatic carbocycles. The molecule has 0 bridgehead atoms. The molecular weight excluding hydrogens is 324 g/mol. The quantitative estimate of drug-likeness (QED) is 0.302. The summed E-state index contributed by atoms with van der Waals surface area (Å²) in [6.07, 6.45) is 0.577. The van der Waals surface area contributed by atoms with Gasteiger partial charge in [0.1, 0.15) is 0 Å². The number of nitrogens with zero attached hydrogens (tertiary/aromatic N) is 1. The van der Waals surface area contributed by atoms with Crippen LogP contribution >= 0.6 is 0 Å². The van der Waals surface area contributed by atoms with Crippen molar-refractivity contribution in [2.75, 3.05) is 19.6 Å². The third-order valence-electron chi connectivity index (χ3n) is 2.92. The van der Waals surface area contributed by atoms with Crippen molar-refractivity contribution in [1.82, 2.24) is 10.2 Å². The fraction of sp³-hybridized carbons (Fsp3) is 0.833. The predicted molar refractivity (Wildman–Crippen MR) is 86.5 cm³/mol. The second-order valence-corrected chi connectivity index (χ2v) is 12.5. The van der Waals surface area contributed by atoms with Crippen molar-refractivity contribution < 1.29 is 28.3 Å². The van der Waals surface area contributed by atoms with Crippen LogP contribution in [0.4, 0.5) is 0 Å². The van der Waals surface area contributed by atoms with E-state index in [0.717, 1.165) is 0 Å². The van der Waals surface area contributed by atoms with E-state index in [-0.39, 0.29) is 11.8 Å². The van der Waals surface area contributed by atoms with Crippen molar-refractivity contribution in [3.63, 3.8) is 0 Å². The highest BCUT2D eigenvalue weighted by Crippen LogP contribution is 2.19. The molecule has 1 atom stereocenters. The molecule has 8 nitrogen and oxygen atoms in total. The number of hydrogen-bond acceptors (Lipinski definition) is 6. The Morgan fingerprint density at radius 1 is 1.18 bits per heavy atom. The Morgan fingerprint density at radius 2 is 1.77 bits per heavy atom. The minimum absolute atomic E-state index is 0.0866. The third kappa shape index (κ3) is 10.0. The molecule has 0 aliphatic rings. The Hall–Kier alpha value is -0.786. The van der Waals surface area contributed by atoms with Gasteiger partial charge in [-0.3, -0.25) is 19.4 Å². The van der Waals surface area contributed by atoms with Crippen LogP contribution in [-0.2, 0) is 18.3 Å². The molecule has 130 valence electrons. The molecule has 0 aliphatic heterocycles. The van der Waals surface area contributed by atoms with Gasteiger partial charge in [-0.05, 0) is 32.1 Å². The molecule has 0 aromatic heterocycles. The number of nitrogens with one attached hydrogen (secondary N) is 1. The Labute approximate surface area is 133 Å². The summed E-state index contributed by atoms with van der Waals surface area (Å²) in [4.78, 5) is 33.8. The van der Waals surface area contributed by atoms with Crippen LogP contribution in [0.15, 0.2) is 0 Å². The monoisotopic (exact) mass is 352 g/mol. The van der Waals surface area contributed by atoms with Crippen LogP contribution in [0.2, 0.25) is 25.7 Å². The largest absolute Gasteiger partial charge is 0.413 e. The fourth-order valence-corrected chi connectivity index (χ4v) is 7.70. The number of hydrogen-bond donors (Lipinski definition) is 3. The van der Waals surface area contributed by atoms with Gasteiger partial charge in [0.05, 0.1) is 0 Å². The van der Waals surface area contributed by atoms with Crippen LogP contribution in [0.5, 0.6) is 0 Å². The molecule has 0 aliphatic carbocycles. The Morgan fingerprint density at radius 3 is 2.18 bits per heavy atom. The highest BCUT2D eigenvalue weighted by Gasteiger charge is 2.39. The van der Waals surface area contributed by atoms with Crippen molar-refractivity contribution in [3.05, 3.63) is 0 Å². The smallest absolute Gasteiger partial charge is 0.363 e. The number of rotatable bonds is 10. The lowest BCUT2D eigenvalue weighted by Gasteiger charge is -2.30. The molecule has 0 spiro atoms. The van der Waals surface area contributed by atoms with Crippen LogP contribution in [-0.4, -0.2) is 63.5 Å². The molecule has 3 N–H and O–H groups in total. The summed E-state index contributed by atoms with van der Waals surface area (Å²) in [5.41, 5.74) is 0. The first-order valence-corrected chi connectivity index (χ1v) is 12.6. The van der Waals surface area contributed by atoms with Crippen LogP contribution in [0.3, 0.4) is 0 Å². The standard InChI is InChI=1S/C12H28N2O6Si2/c1-11(15)13-7-9-14(12(2)16)8-6-10-22(5,19-17)20-21(3,4)18/h17-18H,6-10H2,1-5H3,(H,13,15). The van der Waals surface area contributed by atoms with E-state index in [4.69, 9.17) is 9.37 Å². The van der Waals surface area contributed by atoms with Crippen LogP contribution in [0.25, 0.3) is 0 Å². The SMILES string of the molecule is CC(=O)NCCN(CCC[Si](C)(OO)O[Si](C)(C)O)C(C)=O. The zero-order chi connectivity index (χ0) is 17.4. The lowest BCUT2D eigenvalue weighted by atomic mass is 10.4. The highest BCUT2D eigenvalue weighted by molar-refractivity contribution is 6.78. The van der Waals surface area contributed by atoms with Gasteiger partial charge in [0, 0.05) is 33.5 Å². The van der Waals surface area contributed by atoms with Gasteiger partial charge in [-0.1, -0.05) is 0 Å². The zero-order valence-corrected chi connectivity index (χ0v) is 16.0. The number of carbonyl (C=O) groups is 2. The van der Waals surface area contributed by atoms with Gasteiger partial charge >= 0.3 is 17.1 Å². The molecule has 0 saturated carbocycles. The molecule has 0 fully saturated rings. The summed E-state index contributed by atoms with van der Waals surface area (Å²) >= 11 is 0. The summed E-state index contributed by atoms with van der Waals surface area (Å²) < 4.78 is 10.0. The first-order valence-electron chi connectivity index (χ1n) is 7.24. The minimum atomic E-state index is -2.85.